The van der Waals surface area contributed by atoms with Crippen LogP contribution >= 0.6 is 0 Å². The van der Waals surface area contributed by atoms with E-state index in [9.17, 15) is 0 Å². The highest BCUT2D eigenvalue weighted by Gasteiger charge is 2.04. The van der Waals surface area contributed by atoms with Crippen LogP contribution in [0.1, 0.15) is 11.3 Å². The third-order valence-electron chi connectivity index (χ3n) is 2.95. The zero-order valence-corrected chi connectivity index (χ0v) is 10.9. The summed E-state index contributed by atoms with van der Waals surface area (Å²) in [5, 5.41) is 4.35. The number of benzene rings is 1. The number of nitrogens with one attached hydrogen (secondary N) is 1. The average molecular weight is 229 g/mol. The molecule has 3 nitrogen and oxygen atoms in total. The zero-order valence-electron chi connectivity index (χ0n) is 10.9. The van der Waals surface area contributed by atoms with Crippen molar-refractivity contribution in [3.8, 4) is 0 Å². The van der Waals surface area contributed by atoms with E-state index in [1.54, 1.807) is 0 Å². The third kappa shape index (κ3) is 2.39. The van der Waals surface area contributed by atoms with Gasteiger partial charge in [0.25, 0.3) is 0 Å². The van der Waals surface area contributed by atoms with Crippen molar-refractivity contribution < 1.29 is 0 Å². The van der Waals surface area contributed by atoms with E-state index in [1.807, 2.05) is 7.05 Å². The first kappa shape index (κ1) is 11.9. The molecule has 0 amide bonds. The van der Waals surface area contributed by atoms with E-state index in [1.165, 1.54) is 16.6 Å². The number of pyridine rings is 1. The van der Waals surface area contributed by atoms with Crippen LogP contribution in [0.4, 0.5) is 5.69 Å². The van der Waals surface area contributed by atoms with Gasteiger partial charge in [0.1, 0.15) is 0 Å². The Bertz CT molecular complexity index is 532. The van der Waals surface area contributed by atoms with Gasteiger partial charge in [-0.05, 0) is 43.8 Å². The SMILES string of the molecule is CNCc1nc2ccc(N(C)C)cc2cc1C. The molecule has 2 aromatic rings. The van der Waals surface area contributed by atoms with Crippen LogP contribution in [0.3, 0.4) is 0 Å². The molecule has 1 N–H and O–H groups in total. The minimum Gasteiger partial charge on any atom is -0.378 e. The fraction of sp³-hybridized carbons (Fsp3) is 0.357. The lowest BCUT2D eigenvalue weighted by Gasteiger charge is -2.14. The van der Waals surface area contributed by atoms with Crippen LogP contribution < -0.4 is 10.2 Å². The molecule has 0 saturated carbocycles. The molecule has 1 aromatic heterocycles. The molecule has 2 rings (SSSR count). The Labute approximate surface area is 102 Å². The minimum absolute atomic E-state index is 0.817. The quantitative estimate of drug-likeness (QED) is 0.875. The molecule has 17 heavy (non-hydrogen) atoms. The molecular weight excluding hydrogens is 210 g/mol. The average Bonchev–Trinajstić information content (AvgIpc) is 2.29. The number of aryl methyl sites for hydroxylation is 1. The van der Waals surface area contributed by atoms with Gasteiger partial charge in [0.2, 0.25) is 0 Å². The van der Waals surface area contributed by atoms with Crippen molar-refractivity contribution in [2.45, 2.75) is 13.5 Å². The highest BCUT2D eigenvalue weighted by atomic mass is 15.1. The maximum atomic E-state index is 4.68. The Morgan fingerprint density at radius 1 is 1.24 bits per heavy atom. The number of hydrogen-bond donors (Lipinski definition) is 1. The molecule has 0 aliphatic rings. The van der Waals surface area contributed by atoms with E-state index in [0.29, 0.717) is 0 Å². The van der Waals surface area contributed by atoms with Crippen molar-refractivity contribution in [1.29, 1.82) is 0 Å². The molecule has 90 valence electrons. The number of anilines is 1. The molecule has 0 unspecified atom stereocenters. The van der Waals surface area contributed by atoms with Crippen molar-refractivity contribution in [3.05, 3.63) is 35.5 Å². The standard InChI is InChI=1S/C14H19N3/c1-10-7-11-8-12(17(3)4)5-6-13(11)16-14(10)9-15-2/h5-8,15H,9H2,1-4H3. The van der Waals surface area contributed by atoms with Gasteiger partial charge in [-0.1, -0.05) is 0 Å². The molecule has 0 aliphatic carbocycles. The molecule has 0 aliphatic heterocycles. The summed E-state index contributed by atoms with van der Waals surface area (Å²) in [5.41, 5.74) is 4.63. The van der Waals surface area contributed by atoms with Gasteiger partial charge in [-0.15, -0.1) is 0 Å². The molecule has 0 radical (unpaired) electrons. The topological polar surface area (TPSA) is 28.2 Å². The fourth-order valence-corrected chi connectivity index (χ4v) is 1.93. The first-order valence-electron chi connectivity index (χ1n) is 5.84. The summed E-state index contributed by atoms with van der Waals surface area (Å²) in [6, 6.07) is 8.58. The van der Waals surface area contributed by atoms with Crippen molar-refractivity contribution >= 4 is 16.6 Å². The summed E-state index contributed by atoms with van der Waals surface area (Å²) in [6.45, 7) is 2.93. The molecule has 0 fully saturated rings. The minimum atomic E-state index is 0.817. The van der Waals surface area contributed by atoms with Gasteiger partial charge in [-0.3, -0.25) is 4.98 Å². The highest BCUT2D eigenvalue weighted by Crippen LogP contribution is 2.21. The molecule has 1 heterocycles. The van der Waals surface area contributed by atoms with Crippen LogP contribution in [0.15, 0.2) is 24.3 Å². The molecule has 0 spiro atoms. The summed E-state index contributed by atoms with van der Waals surface area (Å²) >= 11 is 0. The second-order valence-electron chi connectivity index (χ2n) is 4.55. The van der Waals surface area contributed by atoms with Gasteiger partial charge in [0.15, 0.2) is 0 Å². The van der Waals surface area contributed by atoms with Crippen molar-refractivity contribution in [3.63, 3.8) is 0 Å². The van der Waals surface area contributed by atoms with Crippen LogP contribution in [-0.4, -0.2) is 26.1 Å². The number of fused-ring (bicyclic) bond motifs is 1. The van der Waals surface area contributed by atoms with Crippen LogP contribution in [0, 0.1) is 6.92 Å². The first-order valence-corrected chi connectivity index (χ1v) is 5.84. The maximum Gasteiger partial charge on any atom is 0.0707 e. The molecule has 1 aromatic carbocycles. The van der Waals surface area contributed by atoms with Crippen LogP contribution in [0.2, 0.25) is 0 Å². The number of hydrogen-bond acceptors (Lipinski definition) is 3. The summed E-state index contributed by atoms with van der Waals surface area (Å²) < 4.78 is 0. The number of aromatic nitrogens is 1. The van der Waals surface area contributed by atoms with Gasteiger partial charge >= 0.3 is 0 Å². The lowest BCUT2D eigenvalue weighted by Crippen LogP contribution is -2.10. The monoisotopic (exact) mass is 229 g/mol. The summed E-state index contributed by atoms with van der Waals surface area (Å²) in [7, 11) is 6.05. The van der Waals surface area contributed by atoms with E-state index >= 15 is 0 Å². The van der Waals surface area contributed by atoms with Crippen LogP contribution in [0.5, 0.6) is 0 Å². The van der Waals surface area contributed by atoms with Crippen molar-refractivity contribution in [2.75, 3.05) is 26.0 Å². The van der Waals surface area contributed by atoms with E-state index in [4.69, 9.17) is 0 Å². The van der Waals surface area contributed by atoms with Crippen molar-refractivity contribution in [1.82, 2.24) is 10.3 Å². The van der Waals surface area contributed by atoms with Crippen LogP contribution in [0.25, 0.3) is 10.9 Å². The third-order valence-corrected chi connectivity index (χ3v) is 2.95. The Morgan fingerprint density at radius 2 is 2.00 bits per heavy atom. The van der Waals surface area contributed by atoms with E-state index in [2.05, 4.69) is 60.5 Å². The Morgan fingerprint density at radius 3 is 2.65 bits per heavy atom. The smallest absolute Gasteiger partial charge is 0.0707 e. The van der Waals surface area contributed by atoms with Gasteiger partial charge < -0.3 is 10.2 Å². The van der Waals surface area contributed by atoms with E-state index < -0.39 is 0 Å². The maximum absolute atomic E-state index is 4.68. The lowest BCUT2D eigenvalue weighted by atomic mass is 10.1. The van der Waals surface area contributed by atoms with Gasteiger partial charge in [-0.25, -0.2) is 0 Å². The molecular formula is C14H19N3. The van der Waals surface area contributed by atoms with Gasteiger partial charge in [-0.2, -0.15) is 0 Å². The Balaban J connectivity index is 2.54. The van der Waals surface area contributed by atoms with Gasteiger partial charge in [0, 0.05) is 31.7 Å². The predicted molar refractivity (Wildman–Crippen MR) is 73.6 cm³/mol. The summed E-state index contributed by atoms with van der Waals surface area (Å²) in [6.07, 6.45) is 0. The highest BCUT2D eigenvalue weighted by molar-refractivity contribution is 5.83. The number of nitrogens with zero attached hydrogens (tertiary/aromatic N) is 2. The molecule has 0 atom stereocenters. The molecule has 0 saturated heterocycles. The Hall–Kier alpha value is -1.61. The lowest BCUT2D eigenvalue weighted by molar-refractivity contribution is 0.789. The summed E-state index contributed by atoms with van der Waals surface area (Å²) in [4.78, 5) is 6.79. The Kier molecular flexibility index (Phi) is 3.29. The second kappa shape index (κ2) is 4.72. The second-order valence-corrected chi connectivity index (χ2v) is 4.55. The predicted octanol–water partition coefficient (Wildman–Crippen LogP) is 2.33. The molecule has 0 bridgehead atoms. The first-order chi connectivity index (χ1) is 8.11. The van der Waals surface area contributed by atoms with Gasteiger partial charge in [0.05, 0.1) is 11.2 Å². The zero-order chi connectivity index (χ0) is 12.4. The number of rotatable bonds is 3. The fourth-order valence-electron chi connectivity index (χ4n) is 1.93. The molecule has 3 heteroatoms. The normalized spacial score (nSPS) is 10.8. The largest absolute Gasteiger partial charge is 0.378 e. The van der Waals surface area contributed by atoms with Crippen LogP contribution in [-0.2, 0) is 6.54 Å². The van der Waals surface area contributed by atoms with E-state index in [-0.39, 0.29) is 0 Å². The van der Waals surface area contributed by atoms with E-state index in [0.717, 1.165) is 17.8 Å². The summed E-state index contributed by atoms with van der Waals surface area (Å²) in [5.74, 6) is 0. The van der Waals surface area contributed by atoms with Crippen molar-refractivity contribution in [2.24, 2.45) is 0 Å².